The summed E-state index contributed by atoms with van der Waals surface area (Å²) in [6.07, 6.45) is -12.2. The lowest BCUT2D eigenvalue weighted by Gasteiger charge is -2.34. The van der Waals surface area contributed by atoms with Gasteiger partial charge in [0.15, 0.2) is 9.84 Å². The van der Waals surface area contributed by atoms with Crippen molar-refractivity contribution in [3.63, 3.8) is 0 Å². The molecule has 0 aromatic heterocycles. The Morgan fingerprint density at radius 2 is 1.44 bits per heavy atom. The van der Waals surface area contributed by atoms with E-state index in [0.29, 0.717) is 28.8 Å². The van der Waals surface area contributed by atoms with Crippen LogP contribution in [0.25, 0.3) is 0 Å². The fourth-order valence-electron chi connectivity index (χ4n) is 5.49. The summed E-state index contributed by atoms with van der Waals surface area (Å²) in [6.45, 7) is 3.41. The van der Waals surface area contributed by atoms with Gasteiger partial charge in [0, 0.05) is 30.0 Å². The van der Waals surface area contributed by atoms with E-state index >= 15 is 0 Å². The molecule has 43 heavy (non-hydrogen) atoms. The zero-order chi connectivity index (χ0) is 32.0. The lowest BCUT2D eigenvalue weighted by Crippen LogP contribution is -2.53. The molecule has 1 amide bonds. The maximum Gasteiger partial charge on any atom is 0.430 e. The number of hydrogen-bond acceptors (Lipinski definition) is 4. The van der Waals surface area contributed by atoms with E-state index in [4.69, 9.17) is 0 Å². The summed E-state index contributed by atoms with van der Waals surface area (Å²) in [5.74, 6) is -1.58. The van der Waals surface area contributed by atoms with Crippen LogP contribution in [0.15, 0.2) is 77.7 Å². The second-order valence-corrected chi connectivity index (χ2v) is 13.1. The van der Waals surface area contributed by atoms with Crippen molar-refractivity contribution in [1.82, 2.24) is 4.90 Å². The van der Waals surface area contributed by atoms with Crippen LogP contribution in [0.1, 0.15) is 42.0 Å². The SMILES string of the molecule is CCS(=O)(=O)c1ccc(CC(=O)N2C[C@@H](c3ccc(C(O)(C(F)(F)F)C(F)(F)F)cc3)[C@@](C)(c3ccc(F)cc3)C2)cc1. The van der Waals surface area contributed by atoms with Crippen LogP contribution in [0, 0.1) is 5.82 Å². The van der Waals surface area contributed by atoms with E-state index in [-0.39, 0.29) is 36.1 Å². The third-order valence-electron chi connectivity index (χ3n) is 8.12. The first-order chi connectivity index (χ1) is 19.8. The van der Waals surface area contributed by atoms with Crippen LogP contribution in [0.4, 0.5) is 30.7 Å². The van der Waals surface area contributed by atoms with Crippen LogP contribution in [-0.2, 0) is 32.1 Å². The lowest BCUT2D eigenvalue weighted by atomic mass is 9.71. The van der Waals surface area contributed by atoms with Gasteiger partial charge in [0.1, 0.15) is 5.82 Å². The van der Waals surface area contributed by atoms with Crippen molar-refractivity contribution in [2.45, 2.75) is 54.5 Å². The first-order valence-corrected chi connectivity index (χ1v) is 14.8. The Bertz CT molecular complexity index is 1560. The van der Waals surface area contributed by atoms with Gasteiger partial charge in [0.25, 0.3) is 5.60 Å². The Labute approximate surface area is 243 Å². The molecule has 5 nitrogen and oxygen atoms in total. The molecule has 0 saturated carbocycles. The molecule has 1 saturated heterocycles. The molecule has 0 spiro atoms. The number of halogens is 7. The Kier molecular flexibility index (Phi) is 8.48. The number of sulfone groups is 1. The average Bonchev–Trinajstić information content (AvgIpc) is 3.30. The molecule has 4 rings (SSSR count). The summed E-state index contributed by atoms with van der Waals surface area (Å²) < 4.78 is 118. The normalized spacial score (nSPS) is 20.0. The molecule has 1 heterocycles. The predicted molar refractivity (Wildman–Crippen MR) is 143 cm³/mol. The quantitative estimate of drug-likeness (QED) is 0.322. The molecule has 1 fully saturated rings. The van der Waals surface area contributed by atoms with Gasteiger partial charge < -0.3 is 10.0 Å². The largest absolute Gasteiger partial charge is 0.430 e. The summed E-state index contributed by atoms with van der Waals surface area (Å²) in [5, 5.41) is 9.78. The summed E-state index contributed by atoms with van der Waals surface area (Å²) in [6, 6.07) is 14.5. The molecule has 0 unspecified atom stereocenters. The molecule has 2 atom stereocenters. The second-order valence-electron chi connectivity index (χ2n) is 10.8. The fraction of sp³-hybridized carbons (Fsp3) is 0.367. The maximum atomic E-state index is 13.7. The Morgan fingerprint density at radius 1 is 0.907 bits per heavy atom. The van der Waals surface area contributed by atoms with Crippen LogP contribution in [-0.4, -0.2) is 55.5 Å². The van der Waals surface area contributed by atoms with Crippen molar-refractivity contribution in [2.75, 3.05) is 18.8 Å². The molecule has 1 aliphatic rings. The van der Waals surface area contributed by atoms with Crippen molar-refractivity contribution >= 4 is 15.7 Å². The highest BCUT2D eigenvalue weighted by Gasteiger charge is 2.71. The number of benzene rings is 3. The van der Waals surface area contributed by atoms with Crippen LogP contribution in [0.5, 0.6) is 0 Å². The number of hydrogen-bond donors (Lipinski definition) is 1. The van der Waals surface area contributed by atoms with Crippen molar-refractivity contribution in [3.8, 4) is 0 Å². The zero-order valence-electron chi connectivity index (χ0n) is 23.0. The van der Waals surface area contributed by atoms with Crippen molar-refractivity contribution < 1.29 is 49.1 Å². The van der Waals surface area contributed by atoms with E-state index in [1.807, 2.05) is 0 Å². The number of alkyl halides is 6. The number of rotatable bonds is 7. The Morgan fingerprint density at radius 3 is 1.93 bits per heavy atom. The zero-order valence-corrected chi connectivity index (χ0v) is 23.8. The molecule has 3 aromatic rings. The molecule has 1 aliphatic heterocycles. The molecule has 0 aliphatic carbocycles. The van der Waals surface area contributed by atoms with Gasteiger partial charge in [0.2, 0.25) is 5.91 Å². The van der Waals surface area contributed by atoms with Gasteiger partial charge >= 0.3 is 12.4 Å². The minimum absolute atomic E-state index is 0.0389. The Balaban J connectivity index is 1.67. The number of likely N-dealkylation sites (tertiary alicyclic amines) is 1. The van der Waals surface area contributed by atoms with E-state index in [1.54, 1.807) is 6.92 Å². The van der Waals surface area contributed by atoms with Crippen LogP contribution >= 0.6 is 0 Å². The van der Waals surface area contributed by atoms with Gasteiger partial charge in [-0.25, -0.2) is 12.8 Å². The van der Waals surface area contributed by atoms with E-state index in [9.17, 15) is 49.1 Å². The molecular weight excluding hydrogens is 603 g/mol. The smallest absolute Gasteiger partial charge is 0.369 e. The van der Waals surface area contributed by atoms with Gasteiger partial charge in [-0.2, -0.15) is 26.3 Å². The average molecular weight is 632 g/mol. The van der Waals surface area contributed by atoms with Gasteiger partial charge in [-0.3, -0.25) is 4.79 Å². The topological polar surface area (TPSA) is 74.7 Å². The molecule has 3 aromatic carbocycles. The third kappa shape index (κ3) is 6.01. The van der Waals surface area contributed by atoms with E-state index in [0.717, 1.165) is 12.1 Å². The van der Waals surface area contributed by atoms with Crippen molar-refractivity contribution in [1.29, 1.82) is 0 Å². The first-order valence-electron chi connectivity index (χ1n) is 13.2. The minimum Gasteiger partial charge on any atom is -0.369 e. The van der Waals surface area contributed by atoms with E-state index in [1.165, 1.54) is 60.4 Å². The molecule has 13 heteroatoms. The highest BCUT2D eigenvalue weighted by Crippen LogP contribution is 2.51. The van der Waals surface area contributed by atoms with Gasteiger partial charge in [0.05, 0.1) is 17.1 Å². The summed E-state index contributed by atoms with van der Waals surface area (Å²) in [4.78, 5) is 15.0. The molecule has 0 bridgehead atoms. The van der Waals surface area contributed by atoms with Gasteiger partial charge in [-0.05, 0) is 41.0 Å². The summed E-state index contributed by atoms with van der Waals surface area (Å²) in [5.41, 5.74) is -5.97. The highest BCUT2D eigenvalue weighted by molar-refractivity contribution is 7.91. The highest BCUT2D eigenvalue weighted by atomic mass is 32.2. The number of amides is 1. The van der Waals surface area contributed by atoms with Gasteiger partial charge in [-0.15, -0.1) is 0 Å². The van der Waals surface area contributed by atoms with Crippen molar-refractivity contribution in [3.05, 3.63) is 101 Å². The van der Waals surface area contributed by atoms with Gasteiger partial charge in [-0.1, -0.05) is 62.4 Å². The van der Waals surface area contributed by atoms with Crippen LogP contribution in [0.3, 0.4) is 0 Å². The number of aliphatic hydroxyl groups is 1. The van der Waals surface area contributed by atoms with E-state index < -0.39 is 50.5 Å². The predicted octanol–water partition coefficient (Wildman–Crippen LogP) is 6.06. The fourth-order valence-corrected chi connectivity index (χ4v) is 6.38. The molecule has 0 radical (unpaired) electrons. The monoisotopic (exact) mass is 631 g/mol. The minimum atomic E-state index is -6.04. The van der Waals surface area contributed by atoms with Crippen LogP contribution in [0.2, 0.25) is 0 Å². The molecule has 1 N–H and O–H groups in total. The second kappa shape index (κ2) is 11.2. The van der Waals surface area contributed by atoms with Crippen molar-refractivity contribution in [2.24, 2.45) is 0 Å². The number of nitrogens with zero attached hydrogens (tertiary/aromatic N) is 1. The van der Waals surface area contributed by atoms with Crippen LogP contribution < -0.4 is 0 Å². The molecule has 232 valence electrons. The lowest BCUT2D eigenvalue weighted by molar-refractivity contribution is -0.376. The van der Waals surface area contributed by atoms with E-state index in [2.05, 4.69) is 0 Å². The first kappa shape index (κ1) is 32.5. The number of carbonyl (C=O) groups excluding carboxylic acids is 1. The summed E-state index contributed by atoms with van der Waals surface area (Å²) >= 11 is 0. The molecular formula is C30H28F7NO4S. The maximum absolute atomic E-state index is 13.7. The number of carbonyl (C=O) groups is 1. The third-order valence-corrected chi connectivity index (χ3v) is 9.87. The standard InChI is InChI=1S/C30H28F7NO4S/c1-3-43(41,42)24-14-4-19(5-15-24)16-26(39)38-17-25(27(2,18-38)21-10-12-23(31)13-11-21)20-6-8-22(9-7-20)28(40,29(32,33)34)30(35,36)37/h4-15,25,40H,3,16-18H2,1-2H3/t25-,27+/m0/s1. The Hall–Kier alpha value is -3.45. The summed E-state index contributed by atoms with van der Waals surface area (Å²) in [7, 11) is -3.44.